The SMILES string of the molecule is C[C@H](Cn1cnc2c(N)ncnc21)OCP(=O)(O)OCCCOCCCCCCCCCCCS(C)(C)C1CCCCC1. The van der Waals surface area contributed by atoms with Crippen LogP contribution in [0.2, 0.25) is 0 Å². The van der Waals surface area contributed by atoms with Crippen LogP contribution < -0.4 is 5.73 Å². The number of fused-ring (bicyclic) bond motifs is 1. The fraction of sp³-hybridized carbons (Fsp3) is 0.839. The van der Waals surface area contributed by atoms with Gasteiger partial charge in [0.15, 0.2) is 11.5 Å². The fourth-order valence-corrected chi connectivity index (χ4v) is 9.70. The van der Waals surface area contributed by atoms with Crippen molar-refractivity contribution in [2.75, 3.05) is 50.2 Å². The van der Waals surface area contributed by atoms with Gasteiger partial charge in [0.2, 0.25) is 0 Å². The smallest absolute Gasteiger partial charge is 0.353 e. The lowest BCUT2D eigenvalue weighted by Gasteiger charge is -2.42. The third-order valence-corrected chi connectivity index (χ3v) is 13.2. The molecule has 0 amide bonds. The Bertz CT molecular complexity index is 1100. The number of rotatable bonds is 23. The van der Waals surface area contributed by atoms with Gasteiger partial charge in [0.25, 0.3) is 0 Å². The first kappa shape index (κ1) is 36.2. The van der Waals surface area contributed by atoms with Gasteiger partial charge in [-0.25, -0.2) is 25.0 Å². The first-order valence-corrected chi connectivity index (χ1v) is 20.9. The second-order valence-corrected chi connectivity index (χ2v) is 18.8. The van der Waals surface area contributed by atoms with Crippen molar-refractivity contribution in [2.24, 2.45) is 0 Å². The standard InChI is InChI=1S/C31H58N5O5PS/c1-27(23-36-25-35-29-30(32)33-24-34-31(29)36)40-26-42(37,38)41-21-16-20-39-19-14-9-7-5-4-6-8-10-15-22-43(2,3)28-17-12-11-13-18-28/h24-25,27-28H,4-23,26H2,1-3H3,(H,37,38)(H2,32,33,34)/t27-/m1/s1. The van der Waals surface area contributed by atoms with Gasteiger partial charge in [-0.2, -0.15) is 0 Å². The van der Waals surface area contributed by atoms with Crippen LogP contribution in [0.5, 0.6) is 0 Å². The Kier molecular flexibility index (Phi) is 16.3. The predicted octanol–water partition coefficient (Wildman–Crippen LogP) is 7.29. The molecule has 2 aromatic heterocycles. The Morgan fingerprint density at radius 1 is 0.953 bits per heavy atom. The summed E-state index contributed by atoms with van der Waals surface area (Å²) in [6, 6.07) is 0. The number of hydrogen-bond donors (Lipinski definition) is 2. The maximum absolute atomic E-state index is 12.3. The molecule has 0 aliphatic heterocycles. The van der Waals surface area contributed by atoms with Crippen LogP contribution in [0.15, 0.2) is 12.7 Å². The molecule has 1 aliphatic rings. The van der Waals surface area contributed by atoms with Crippen molar-refractivity contribution in [3.05, 3.63) is 12.7 Å². The van der Waals surface area contributed by atoms with Gasteiger partial charge in [0.1, 0.15) is 18.2 Å². The second kappa shape index (κ2) is 19.3. The largest absolute Gasteiger partial charge is 0.382 e. The number of hydrogen-bond acceptors (Lipinski definition) is 8. The molecule has 2 heterocycles. The maximum Gasteiger partial charge on any atom is 0.353 e. The monoisotopic (exact) mass is 643 g/mol. The molecular formula is C31H58N5O5PS. The summed E-state index contributed by atoms with van der Waals surface area (Å²) >= 11 is 0. The van der Waals surface area contributed by atoms with Crippen LogP contribution in [-0.4, -0.2) is 80.2 Å². The zero-order valence-corrected chi connectivity index (χ0v) is 28.7. The first-order chi connectivity index (χ1) is 20.7. The van der Waals surface area contributed by atoms with Gasteiger partial charge in [-0.15, -0.1) is 0 Å². The molecule has 10 nitrogen and oxygen atoms in total. The van der Waals surface area contributed by atoms with E-state index in [1.54, 1.807) is 10.9 Å². The summed E-state index contributed by atoms with van der Waals surface area (Å²) in [7, 11) is -4.22. The van der Waals surface area contributed by atoms with E-state index in [0.717, 1.165) is 18.3 Å². The molecule has 2 aromatic rings. The van der Waals surface area contributed by atoms with Crippen molar-refractivity contribution in [3.63, 3.8) is 0 Å². The van der Waals surface area contributed by atoms with E-state index in [2.05, 4.69) is 27.5 Å². The molecule has 0 spiro atoms. The van der Waals surface area contributed by atoms with Crippen LogP contribution in [0.3, 0.4) is 0 Å². The molecule has 1 saturated carbocycles. The Morgan fingerprint density at radius 2 is 1.60 bits per heavy atom. The molecule has 2 atom stereocenters. The highest BCUT2D eigenvalue weighted by atomic mass is 32.3. The van der Waals surface area contributed by atoms with E-state index < -0.39 is 7.60 Å². The maximum atomic E-state index is 12.3. The molecule has 0 saturated heterocycles. The zero-order chi connectivity index (χ0) is 31.0. The molecule has 0 bridgehead atoms. The minimum absolute atomic E-state index is 0.160. The van der Waals surface area contributed by atoms with Gasteiger partial charge in [-0.05, 0) is 62.5 Å². The van der Waals surface area contributed by atoms with Gasteiger partial charge < -0.3 is 29.2 Å². The van der Waals surface area contributed by atoms with E-state index in [9.17, 15) is 9.46 Å². The number of aromatic nitrogens is 4. The summed E-state index contributed by atoms with van der Waals surface area (Å²) < 4.78 is 30.6. The molecule has 248 valence electrons. The van der Waals surface area contributed by atoms with Gasteiger partial charge in [-0.3, -0.25) is 4.57 Å². The van der Waals surface area contributed by atoms with Crippen LogP contribution in [0, 0.1) is 0 Å². The number of unbranched alkanes of at least 4 members (excludes halogenated alkanes) is 8. The highest BCUT2D eigenvalue weighted by molar-refractivity contribution is 8.33. The number of anilines is 1. The summed E-state index contributed by atoms with van der Waals surface area (Å²) in [6.07, 6.45) is 27.2. The minimum Gasteiger partial charge on any atom is -0.382 e. The van der Waals surface area contributed by atoms with E-state index in [1.165, 1.54) is 95.6 Å². The molecule has 43 heavy (non-hydrogen) atoms. The first-order valence-electron chi connectivity index (χ1n) is 16.4. The summed E-state index contributed by atoms with van der Waals surface area (Å²) in [4.78, 5) is 22.4. The third kappa shape index (κ3) is 13.7. The van der Waals surface area contributed by atoms with E-state index in [4.69, 9.17) is 19.7 Å². The van der Waals surface area contributed by atoms with Gasteiger partial charge in [0.05, 0.1) is 25.6 Å². The normalized spacial score (nSPS) is 17.3. The Balaban J connectivity index is 1.09. The lowest BCUT2D eigenvalue weighted by Crippen LogP contribution is -2.22. The Morgan fingerprint density at radius 3 is 2.33 bits per heavy atom. The van der Waals surface area contributed by atoms with Crippen LogP contribution in [0.1, 0.15) is 103 Å². The molecule has 1 aliphatic carbocycles. The molecule has 1 fully saturated rings. The van der Waals surface area contributed by atoms with E-state index >= 15 is 0 Å². The van der Waals surface area contributed by atoms with E-state index in [1.807, 2.05) is 6.92 Å². The van der Waals surface area contributed by atoms with Crippen molar-refractivity contribution < 1.29 is 23.5 Å². The number of nitrogens with two attached hydrogens (primary N) is 1. The minimum atomic E-state index is -3.84. The third-order valence-electron chi connectivity index (χ3n) is 8.55. The number of nitrogen functional groups attached to an aromatic ring is 1. The van der Waals surface area contributed by atoms with E-state index in [0.29, 0.717) is 36.6 Å². The Labute approximate surface area is 261 Å². The molecule has 12 heteroatoms. The highest BCUT2D eigenvalue weighted by Gasteiger charge is 2.25. The van der Waals surface area contributed by atoms with Crippen molar-refractivity contribution >= 4 is 34.6 Å². The van der Waals surface area contributed by atoms with Crippen LogP contribution in [-0.2, 0) is 25.1 Å². The van der Waals surface area contributed by atoms with Gasteiger partial charge >= 0.3 is 7.60 Å². The Hall–Kier alpha value is -1.23. The lowest BCUT2D eigenvalue weighted by atomic mass is 10.0. The average molecular weight is 644 g/mol. The fourth-order valence-electron chi connectivity index (χ4n) is 5.88. The molecular weight excluding hydrogens is 585 g/mol. The molecule has 3 rings (SSSR count). The zero-order valence-electron chi connectivity index (χ0n) is 27.0. The van der Waals surface area contributed by atoms with Crippen molar-refractivity contribution in [1.82, 2.24) is 19.5 Å². The average Bonchev–Trinajstić information content (AvgIpc) is 3.40. The lowest BCUT2D eigenvalue weighted by molar-refractivity contribution is 0.0688. The number of ether oxygens (including phenoxy) is 2. The van der Waals surface area contributed by atoms with Crippen molar-refractivity contribution in [2.45, 2.75) is 121 Å². The van der Waals surface area contributed by atoms with E-state index in [-0.39, 0.29) is 29.1 Å². The van der Waals surface area contributed by atoms with Crippen molar-refractivity contribution in [3.8, 4) is 0 Å². The molecule has 3 N–H and O–H groups in total. The topological polar surface area (TPSA) is 135 Å². The van der Waals surface area contributed by atoms with Gasteiger partial charge in [-0.1, -0.05) is 64.2 Å². The van der Waals surface area contributed by atoms with Crippen LogP contribution >= 0.6 is 17.6 Å². The van der Waals surface area contributed by atoms with Crippen LogP contribution in [0.25, 0.3) is 11.2 Å². The second-order valence-electron chi connectivity index (χ2n) is 12.6. The predicted molar refractivity (Wildman–Crippen MR) is 179 cm³/mol. The quantitative estimate of drug-likeness (QED) is 0.0945. The summed E-state index contributed by atoms with van der Waals surface area (Å²) in [5.74, 6) is 1.79. The molecule has 0 aromatic carbocycles. The molecule has 0 radical (unpaired) electrons. The molecule has 1 unspecified atom stereocenters. The number of nitrogens with zero attached hydrogens (tertiary/aromatic N) is 4. The van der Waals surface area contributed by atoms with Crippen LogP contribution in [0.4, 0.5) is 5.82 Å². The van der Waals surface area contributed by atoms with Crippen molar-refractivity contribution in [1.29, 1.82) is 0 Å². The highest BCUT2D eigenvalue weighted by Crippen LogP contribution is 2.51. The number of imidazole rings is 1. The van der Waals surface area contributed by atoms with Gasteiger partial charge in [0, 0.05) is 13.2 Å². The summed E-state index contributed by atoms with van der Waals surface area (Å²) in [6.45, 7) is 3.63. The summed E-state index contributed by atoms with van der Waals surface area (Å²) in [5.41, 5.74) is 6.93. The summed E-state index contributed by atoms with van der Waals surface area (Å²) in [5, 5.41) is 1.04.